The first-order chi connectivity index (χ1) is 16.2. The van der Waals surface area contributed by atoms with Crippen molar-refractivity contribution in [3.05, 3.63) is 76.9 Å². The number of nitrogens with zero attached hydrogens (tertiary/aromatic N) is 6. The molecule has 1 fully saturated rings. The van der Waals surface area contributed by atoms with Crippen molar-refractivity contribution in [2.24, 2.45) is 0 Å². The highest BCUT2D eigenvalue weighted by Crippen LogP contribution is 2.26. The summed E-state index contributed by atoms with van der Waals surface area (Å²) in [6, 6.07) is 17.9. The van der Waals surface area contributed by atoms with Crippen LogP contribution in [0.2, 0.25) is 5.02 Å². The molecule has 0 atom stereocenters. The number of thioether (sulfide) groups is 1. The highest BCUT2D eigenvalue weighted by Gasteiger charge is 2.19. The molecule has 9 heteroatoms. The summed E-state index contributed by atoms with van der Waals surface area (Å²) < 4.78 is 7.69. The van der Waals surface area contributed by atoms with Crippen LogP contribution >= 0.6 is 23.4 Å². The minimum absolute atomic E-state index is 0.518. The molecular weight excluding hydrogens is 456 g/mol. The fourth-order valence-corrected chi connectivity index (χ4v) is 4.95. The summed E-state index contributed by atoms with van der Waals surface area (Å²) in [5.74, 6) is 2.59. The number of hydrogen-bond acceptors (Lipinski definition) is 7. The first-order valence-electron chi connectivity index (χ1n) is 11.1. The number of piperidine rings is 1. The molecule has 1 aliphatic rings. The van der Waals surface area contributed by atoms with Gasteiger partial charge < -0.3 is 9.09 Å². The van der Waals surface area contributed by atoms with Crippen LogP contribution in [0.4, 0.5) is 0 Å². The zero-order chi connectivity index (χ0) is 22.5. The highest BCUT2D eigenvalue weighted by atomic mass is 35.5. The van der Waals surface area contributed by atoms with Gasteiger partial charge >= 0.3 is 0 Å². The van der Waals surface area contributed by atoms with Crippen molar-refractivity contribution < 1.29 is 4.52 Å². The summed E-state index contributed by atoms with van der Waals surface area (Å²) in [6.45, 7) is 3.79. The SMILES string of the molecule is Clc1cccc(-c2noc(CSc3nnc(CN4CCCCC4)n3Cc3ccccc3)n2)c1. The van der Waals surface area contributed by atoms with Gasteiger partial charge in [0.05, 0.1) is 18.8 Å². The summed E-state index contributed by atoms with van der Waals surface area (Å²) in [4.78, 5) is 7.00. The molecule has 3 heterocycles. The molecule has 1 saturated heterocycles. The number of rotatable bonds is 8. The maximum absolute atomic E-state index is 6.09. The van der Waals surface area contributed by atoms with Crippen LogP contribution in [0.15, 0.2) is 64.3 Å². The van der Waals surface area contributed by atoms with Crippen LogP contribution < -0.4 is 0 Å². The molecule has 2 aromatic carbocycles. The molecular formula is C24H25ClN6OS. The van der Waals surface area contributed by atoms with Crippen molar-refractivity contribution in [2.75, 3.05) is 13.1 Å². The van der Waals surface area contributed by atoms with Crippen LogP contribution in [0.3, 0.4) is 0 Å². The lowest BCUT2D eigenvalue weighted by atomic mass is 10.1. The van der Waals surface area contributed by atoms with Gasteiger partial charge in [-0.05, 0) is 43.6 Å². The second kappa shape index (κ2) is 10.5. The molecule has 1 aliphatic heterocycles. The van der Waals surface area contributed by atoms with Crippen molar-refractivity contribution >= 4 is 23.4 Å². The normalized spacial score (nSPS) is 14.6. The summed E-state index contributed by atoms with van der Waals surface area (Å²) in [5.41, 5.74) is 2.05. The van der Waals surface area contributed by atoms with Gasteiger partial charge in [0.25, 0.3) is 0 Å². The van der Waals surface area contributed by atoms with Crippen LogP contribution in [0.25, 0.3) is 11.4 Å². The number of aromatic nitrogens is 5. The zero-order valence-corrected chi connectivity index (χ0v) is 19.8. The van der Waals surface area contributed by atoms with Crippen LogP contribution in [0, 0.1) is 0 Å². The predicted octanol–water partition coefficient (Wildman–Crippen LogP) is 5.31. The Balaban J connectivity index is 1.33. The number of hydrogen-bond donors (Lipinski definition) is 0. The topological polar surface area (TPSA) is 72.9 Å². The van der Waals surface area contributed by atoms with Crippen molar-refractivity contribution in [2.45, 2.75) is 43.3 Å². The molecule has 33 heavy (non-hydrogen) atoms. The van der Waals surface area contributed by atoms with Crippen LogP contribution in [-0.4, -0.2) is 42.9 Å². The maximum atomic E-state index is 6.09. The van der Waals surface area contributed by atoms with E-state index >= 15 is 0 Å². The smallest absolute Gasteiger partial charge is 0.237 e. The molecule has 0 unspecified atom stereocenters. The predicted molar refractivity (Wildman–Crippen MR) is 129 cm³/mol. The van der Waals surface area contributed by atoms with E-state index in [-0.39, 0.29) is 0 Å². The van der Waals surface area contributed by atoms with Gasteiger partial charge in [-0.2, -0.15) is 4.98 Å². The molecule has 0 spiro atoms. The van der Waals surface area contributed by atoms with Crippen LogP contribution in [0.5, 0.6) is 0 Å². The first kappa shape index (κ1) is 22.1. The monoisotopic (exact) mass is 480 g/mol. The Labute approximate surface area is 202 Å². The van der Waals surface area contributed by atoms with E-state index in [1.54, 1.807) is 11.8 Å². The van der Waals surface area contributed by atoms with E-state index in [4.69, 9.17) is 16.1 Å². The highest BCUT2D eigenvalue weighted by molar-refractivity contribution is 7.98. The molecule has 0 N–H and O–H groups in total. The lowest BCUT2D eigenvalue weighted by Crippen LogP contribution is -2.30. The molecule has 170 valence electrons. The van der Waals surface area contributed by atoms with Gasteiger partial charge in [0.1, 0.15) is 5.82 Å². The summed E-state index contributed by atoms with van der Waals surface area (Å²) >= 11 is 7.65. The Morgan fingerprint density at radius 3 is 2.61 bits per heavy atom. The maximum Gasteiger partial charge on any atom is 0.237 e. The zero-order valence-electron chi connectivity index (χ0n) is 18.2. The summed E-state index contributed by atoms with van der Waals surface area (Å²) in [7, 11) is 0. The molecule has 7 nitrogen and oxygen atoms in total. The van der Waals surface area contributed by atoms with Gasteiger partial charge in [0.15, 0.2) is 5.16 Å². The number of benzene rings is 2. The fraction of sp³-hybridized carbons (Fsp3) is 0.333. The van der Waals surface area contributed by atoms with Crippen molar-refractivity contribution in [3.8, 4) is 11.4 Å². The summed E-state index contributed by atoms with van der Waals surface area (Å²) in [5, 5.41) is 14.7. The second-order valence-electron chi connectivity index (χ2n) is 8.12. The van der Waals surface area contributed by atoms with Crippen LogP contribution in [-0.2, 0) is 18.8 Å². The van der Waals surface area contributed by atoms with Gasteiger partial charge in [-0.25, -0.2) is 0 Å². The lowest BCUT2D eigenvalue weighted by Gasteiger charge is -2.26. The second-order valence-corrected chi connectivity index (χ2v) is 9.50. The van der Waals surface area contributed by atoms with Crippen molar-refractivity contribution in [1.82, 2.24) is 29.8 Å². The molecule has 4 aromatic rings. The third kappa shape index (κ3) is 5.63. The Bertz CT molecular complexity index is 1190. The first-order valence-corrected chi connectivity index (χ1v) is 12.5. The fourth-order valence-electron chi connectivity index (χ4n) is 3.97. The molecule has 0 saturated carbocycles. The van der Waals surface area contributed by atoms with Crippen LogP contribution in [0.1, 0.15) is 36.5 Å². The van der Waals surface area contributed by atoms with Crippen molar-refractivity contribution in [1.29, 1.82) is 0 Å². The average molecular weight is 481 g/mol. The van der Waals surface area contributed by atoms with E-state index in [0.29, 0.717) is 22.5 Å². The lowest BCUT2D eigenvalue weighted by molar-refractivity contribution is 0.213. The molecule has 5 rings (SSSR count). The standard InChI is InChI=1S/C24H25ClN6OS/c25-20-11-7-10-19(14-20)23-26-22(32-29-23)17-33-24-28-27-21(16-30-12-5-2-6-13-30)31(24)15-18-8-3-1-4-9-18/h1,3-4,7-11,14H,2,5-6,12-13,15-17H2. The van der Waals surface area contributed by atoms with E-state index < -0.39 is 0 Å². The number of likely N-dealkylation sites (tertiary alicyclic amines) is 1. The third-order valence-electron chi connectivity index (χ3n) is 5.67. The minimum Gasteiger partial charge on any atom is -0.338 e. The van der Waals surface area contributed by atoms with Gasteiger partial charge in [-0.1, -0.05) is 77.4 Å². The summed E-state index contributed by atoms with van der Waals surface area (Å²) in [6.07, 6.45) is 3.82. The van der Waals surface area contributed by atoms with Gasteiger partial charge in [0.2, 0.25) is 11.7 Å². The Morgan fingerprint density at radius 1 is 0.939 bits per heavy atom. The van der Waals surface area contributed by atoms with Crippen molar-refractivity contribution in [3.63, 3.8) is 0 Å². The van der Waals surface area contributed by atoms with E-state index in [0.717, 1.165) is 42.7 Å². The number of halogens is 1. The third-order valence-corrected chi connectivity index (χ3v) is 6.85. The largest absolute Gasteiger partial charge is 0.338 e. The minimum atomic E-state index is 0.518. The molecule has 0 radical (unpaired) electrons. The Kier molecular flexibility index (Phi) is 7.04. The molecule has 2 aromatic heterocycles. The van der Waals surface area contributed by atoms with E-state index in [1.807, 2.05) is 30.3 Å². The Morgan fingerprint density at radius 2 is 1.79 bits per heavy atom. The quantitative estimate of drug-likeness (QED) is 0.316. The van der Waals surface area contributed by atoms with E-state index in [9.17, 15) is 0 Å². The van der Waals surface area contributed by atoms with E-state index in [1.165, 1.54) is 24.8 Å². The molecule has 0 amide bonds. The molecule has 0 bridgehead atoms. The van der Waals surface area contributed by atoms with Gasteiger partial charge in [0, 0.05) is 10.6 Å². The van der Waals surface area contributed by atoms with Gasteiger partial charge in [-0.3, -0.25) is 4.90 Å². The van der Waals surface area contributed by atoms with E-state index in [2.05, 4.69) is 54.1 Å². The molecule has 0 aliphatic carbocycles. The van der Waals surface area contributed by atoms with Gasteiger partial charge in [-0.15, -0.1) is 10.2 Å². The average Bonchev–Trinajstić information content (AvgIpc) is 3.47. The Hall–Kier alpha value is -2.68.